The van der Waals surface area contributed by atoms with Gasteiger partial charge in [0.15, 0.2) is 0 Å². The molecule has 2 nitrogen and oxygen atoms in total. The Hall–Kier alpha value is -7.24. The molecule has 0 saturated heterocycles. The van der Waals surface area contributed by atoms with Crippen molar-refractivity contribution in [2.75, 3.05) is 4.90 Å². The van der Waals surface area contributed by atoms with Crippen molar-refractivity contribution in [2.24, 2.45) is 11.8 Å². The Morgan fingerprint density at radius 3 is 2.38 bits per heavy atom. The summed E-state index contributed by atoms with van der Waals surface area (Å²) in [6, 6.07) is 55.5. The van der Waals surface area contributed by atoms with Gasteiger partial charge in [0.1, 0.15) is 11.3 Å². The highest BCUT2D eigenvalue weighted by molar-refractivity contribution is 7.99. The molecule has 0 bridgehead atoms. The molecular weight excluding hydrogens is 923 g/mol. The number of anilines is 2. The van der Waals surface area contributed by atoms with Gasteiger partial charge in [-0.25, -0.2) is 0 Å². The van der Waals surface area contributed by atoms with Gasteiger partial charge in [-0.1, -0.05) is 178 Å². The lowest BCUT2D eigenvalue weighted by atomic mass is 9.84. The fraction of sp³-hybridized carbons (Fsp3) is 0.159. The number of nitrogens with zero attached hydrogens (tertiary/aromatic N) is 1. The van der Waals surface area contributed by atoms with Crippen LogP contribution in [0.4, 0.5) is 11.4 Å². The number of furan rings is 1. The van der Waals surface area contributed by atoms with Gasteiger partial charge in [0.25, 0.3) is 0 Å². The Bertz CT molecular complexity index is 3930. The van der Waals surface area contributed by atoms with Crippen molar-refractivity contribution in [2.45, 2.75) is 72.4 Å². The third kappa shape index (κ3) is 7.64. The van der Waals surface area contributed by atoms with E-state index in [1.54, 1.807) is 0 Å². The zero-order valence-corrected chi connectivity index (χ0v) is 43.1. The predicted octanol–water partition coefficient (Wildman–Crippen LogP) is 19.4. The van der Waals surface area contributed by atoms with E-state index >= 15 is 0 Å². The van der Waals surface area contributed by atoms with Crippen LogP contribution in [0.15, 0.2) is 219 Å². The Kier molecular flexibility index (Phi) is 11.0. The second-order valence-corrected chi connectivity index (χ2v) is 22.8. The van der Waals surface area contributed by atoms with Crippen LogP contribution in [-0.4, -0.2) is 6.04 Å². The quantitative estimate of drug-likeness (QED) is 0.111. The van der Waals surface area contributed by atoms with E-state index in [0.717, 1.165) is 36.4 Å². The van der Waals surface area contributed by atoms with Crippen LogP contribution >= 0.6 is 23.5 Å². The number of hydrogen-bond acceptors (Lipinski definition) is 4. The van der Waals surface area contributed by atoms with E-state index in [-0.39, 0.29) is 12.0 Å². The lowest BCUT2D eigenvalue weighted by Crippen LogP contribution is -2.35. The van der Waals surface area contributed by atoms with Gasteiger partial charge in [-0.2, -0.15) is 0 Å². The molecule has 3 heterocycles. The summed E-state index contributed by atoms with van der Waals surface area (Å²) >= 11 is 3.88. The average molecular weight is 978 g/mol. The number of thioether (sulfide) groups is 1. The Morgan fingerprint density at radius 1 is 0.671 bits per heavy atom. The molecule has 0 radical (unpaired) electrons. The smallest absolute Gasteiger partial charge is 0.135 e. The highest BCUT2D eigenvalue weighted by Gasteiger charge is 2.31. The summed E-state index contributed by atoms with van der Waals surface area (Å²) in [7, 11) is 0. The molecule has 4 heteroatoms. The summed E-state index contributed by atoms with van der Waals surface area (Å²) < 4.78 is 6.47. The molecule has 4 atom stereocenters. The van der Waals surface area contributed by atoms with Crippen LogP contribution in [0, 0.1) is 11.8 Å². The zero-order chi connectivity index (χ0) is 48.7. The van der Waals surface area contributed by atoms with Crippen molar-refractivity contribution in [3.8, 4) is 22.3 Å². The van der Waals surface area contributed by atoms with Gasteiger partial charge in [0.2, 0.25) is 0 Å². The molecule has 0 amide bonds. The van der Waals surface area contributed by atoms with E-state index in [2.05, 4.69) is 232 Å². The van der Waals surface area contributed by atoms with Crippen LogP contribution < -0.4 is 4.90 Å². The molecule has 0 spiro atoms. The molecule has 3 aliphatic carbocycles. The monoisotopic (exact) mass is 977 g/mol. The summed E-state index contributed by atoms with van der Waals surface area (Å²) in [6.45, 7) is 6.97. The molecule has 8 aromatic carbocycles. The first-order chi connectivity index (χ1) is 35.9. The molecule has 9 aromatic rings. The number of hydrogen-bond donors (Lipinski definition) is 0. The van der Waals surface area contributed by atoms with Gasteiger partial charge < -0.3 is 9.32 Å². The minimum absolute atomic E-state index is 0.0388. The molecule has 354 valence electrons. The molecule has 5 aliphatic rings. The van der Waals surface area contributed by atoms with Gasteiger partial charge >= 0.3 is 0 Å². The lowest BCUT2D eigenvalue weighted by Gasteiger charge is -2.38. The summed E-state index contributed by atoms with van der Waals surface area (Å²) in [4.78, 5) is 6.60. The first-order valence-electron chi connectivity index (χ1n) is 26.2. The van der Waals surface area contributed by atoms with Crippen LogP contribution in [-0.2, 0) is 18.6 Å². The largest absolute Gasteiger partial charge is 0.456 e. The maximum Gasteiger partial charge on any atom is 0.135 e. The van der Waals surface area contributed by atoms with Crippen LogP contribution in [0.3, 0.4) is 0 Å². The molecule has 0 fully saturated rings. The number of aryl methyl sites for hydroxylation is 1. The molecule has 1 aromatic heterocycles. The van der Waals surface area contributed by atoms with Crippen LogP contribution in [0.1, 0.15) is 72.3 Å². The van der Waals surface area contributed by atoms with E-state index in [4.69, 9.17) is 4.42 Å². The van der Waals surface area contributed by atoms with E-state index in [1.165, 1.54) is 120 Å². The predicted molar refractivity (Wildman–Crippen MR) is 312 cm³/mol. The Morgan fingerprint density at radius 2 is 1.49 bits per heavy atom. The van der Waals surface area contributed by atoms with Gasteiger partial charge in [-0.05, 0) is 169 Å². The van der Waals surface area contributed by atoms with Crippen molar-refractivity contribution in [1.29, 1.82) is 0 Å². The van der Waals surface area contributed by atoms with Crippen LogP contribution in [0.5, 0.6) is 0 Å². The summed E-state index contributed by atoms with van der Waals surface area (Å²) in [5, 5.41) is 6.52. The van der Waals surface area contributed by atoms with Crippen molar-refractivity contribution in [3.63, 3.8) is 0 Å². The van der Waals surface area contributed by atoms with E-state index in [9.17, 15) is 0 Å². The number of benzene rings is 8. The standard InChI is InChI=1S/C69H55NOS2/c1-4-51-54-31-27-49(70(62-21-10-8-18-53(62)45-15-6-5-7-16-45)50-28-33-64-61(40-50)60-35-43(3)24-32-63(60)71-64)39-59(54)56-20-13-23-66-69(56)68(51)57-30-26-47(38-67(57)73-66)58(46-17-12-14-42(2)34-46)37-44-25-29-52-48(36-44)41-72-65-22-11-9-19-55(52)65/h5-13,15-34,36-40,42-43,53,62H,4,14,35,41H2,1-3H3/b58-37-. The Balaban J connectivity index is 0.907. The average Bonchev–Trinajstić information content (AvgIpc) is 3.79. The normalized spacial score (nSPS) is 19.4. The zero-order valence-electron chi connectivity index (χ0n) is 41.4. The molecule has 0 N–H and O–H groups in total. The van der Waals surface area contributed by atoms with Crippen LogP contribution in [0.2, 0.25) is 0 Å². The van der Waals surface area contributed by atoms with Crippen molar-refractivity contribution in [1.82, 2.24) is 0 Å². The molecule has 14 rings (SSSR count). The highest BCUT2D eigenvalue weighted by atomic mass is 32.2. The van der Waals surface area contributed by atoms with E-state index in [1.807, 2.05) is 23.5 Å². The third-order valence-electron chi connectivity index (χ3n) is 16.0. The molecule has 0 saturated carbocycles. The van der Waals surface area contributed by atoms with E-state index in [0.29, 0.717) is 11.8 Å². The first kappa shape index (κ1) is 44.5. The van der Waals surface area contributed by atoms with Gasteiger partial charge in [-0.3, -0.25) is 0 Å². The molecular formula is C69H55NOS2. The molecule has 2 aliphatic heterocycles. The van der Waals surface area contributed by atoms with Crippen molar-refractivity contribution in [3.05, 3.63) is 239 Å². The second-order valence-electron chi connectivity index (χ2n) is 20.7. The summed E-state index contributed by atoms with van der Waals surface area (Å²) in [6.07, 6.45) is 26.3. The lowest BCUT2D eigenvalue weighted by molar-refractivity contribution is 0.584. The number of allylic oxidation sites excluding steroid dienone is 8. The number of rotatable bonds is 8. The van der Waals surface area contributed by atoms with Gasteiger partial charge in [-0.15, -0.1) is 11.8 Å². The van der Waals surface area contributed by atoms with Crippen molar-refractivity contribution >= 4 is 85.1 Å². The third-order valence-corrected chi connectivity index (χ3v) is 18.2. The topological polar surface area (TPSA) is 16.4 Å². The SMILES string of the molecule is CCc1c2c3c(cccc3c3cc(N(c4ccc5oc6c(c5c4)CC(C)C=C6)C4C=CC=CC4c4ccccc4)ccc13)Sc1cc(/C(=C\c3ccc4c(c3)CSc3ccccc3-4)C3=CC(C)CC=C3)ccc1-2. The fourth-order valence-corrected chi connectivity index (χ4v) is 14.7. The van der Waals surface area contributed by atoms with Gasteiger partial charge in [0, 0.05) is 54.1 Å². The Labute approximate surface area is 437 Å². The number of fused-ring (bicyclic) bond motifs is 10. The highest BCUT2D eigenvalue weighted by Crippen LogP contribution is 2.54. The summed E-state index contributed by atoms with van der Waals surface area (Å²) in [5.41, 5.74) is 19.3. The summed E-state index contributed by atoms with van der Waals surface area (Å²) in [5.74, 6) is 3.09. The van der Waals surface area contributed by atoms with Crippen molar-refractivity contribution < 1.29 is 4.42 Å². The minimum Gasteiger partial charge on any atom is -0.456 e. The fourth-order valence-electron chi connectivity index (χ4n) is 12.5. The first-order valence-corrected chi connectivity index (χ1v) is 28.0. The van der Waals surface area contributed by atoms with E-state index < -0.39 is 0 Å². The maximum absolute atomic E-state index is 6.47. The molecule has 4 unspecified atom stereocenters. The second kappa shape index (κ2) is 18.1. The maximum atomic E-state index is 6.47. The van der Waals surface area contributed by atoms with Crippen LogP contribution in [0.25, 0.3) is 72.5 Å². The van der Waals surface area contributed by atoms with Gasteiger partial charge in [0.05, 0.1) is 6.04 Å². The molecule has 73 heavy (non-hydrogen) atoms. The minimum atomic E-state index is 0.0388.